The number of nitrogens with zero attached hydrogens (tertiary/aromatic N) is 4. The molecule has 0 radical (unpaired) electrons. The number of nitrogens with one attached hydrogen (secondary N) is 1. The predicted molar refractivity (Wildman–Crippen MR) is 154 cm³/mol. The Kier molecular flexibility index (Phi) is 9.37. The number of methoxy groups -OCH3 is 1. The molecule has 43 heavy (non-hydrogen) atoms. The van der Waals surface area contributed by atoms with Gasteiger partial charge in [-0.25, -0.2) is 4.39 Å². The molecule has 4 aromatic rings. The molecule has 0 atom stereocenters. The Hall–Kier alpha value is -3.89. The van der Waals surface area contributed by atoms with Gasteiger partial charge < -0.3 is 23.6 Å². The molecule has 2 fully saturated rings. The first-order valence-electron chi connectivity index (χ1n) is 13.5. The first-order valence-corrected chi connectivity index (χ1v) is 15.4. The standard InChI is InChI=1S/C27H28FN5O5.CH4O3S/c1-35-10-11-37-24-14-23-20(12-21(24)28)26(30-29-23)25-13-22(31-38-25)17-2-4-18(5-3-17)27(34)33-8-6-32(7-9-33)19-15-36-16-19;1-5(2,3)4/h2-5,12-14,19H,6-11,15-16H2,1H3,(H,29,30);1H3,(H,2,3,4). The number of aromatic amines is 1. The maximum Gasteiger partial charge on any atom is 0.261 e. The minimum absolute atomic E-state index is 0.0255. The third-order valence-corrected chi connectivity index (χ3v) is 7.07. The number of ether oxygens (including phenoxy) is 3. The van der Waals surface area contributed by atoms with Gasteiger partial charge in [0.1, 0.15) is 18.0 Å². The highest BCUT2D eigenvalue weighted by Crippen LogP contribution is 2.33. The number of aromatic nitrogens is 3. The van der Waals surface area contributed by atoms with Crippen LogP contribution in [0.5, 0.6) is 5.75 Å². The fourth-order valence-corrected chi connectivity index (χ4v) is 4.76. The minimum atomic E-state index is -3.67. The first-order chi connectivity index (χ1) is 20.6. The summed E-state index contributed by atoms with van der Waals surface area (Å²) in [6.45, 7) is 5.33. The summed E-state index contributed by atoms with van der Waals surface area (Å²) < 4.78 is 61.7. The van der Waals surface area contributed by atoms with Crippen molar-refractivity contribution in [3.8, 4) is 28.5 Å². The lowest BCUT2D eigenvalue weighted by Crippen LogP contribution is -2.57. The molecule has 15 heteroatoms. The first kappa shape index (κ1) is 30.6. The van der Waals surface area contributed by atoms with Crippen LogP contribution in [0, 0.1) is 5.82 Å². The van der Waals surface area contributed by atoms with Crippen molar-refractivity contribution in [1.29, 1.82) is 0 Å². The van der Waals surface area contributed by atoms with Crippen molar-refractivity contribution in [3.05, 3.63) is 53.8 Å². The summed E-state index contributed by atoms with van der Waals surface area (Å²) in [5.74, 6) is 0.0354. The van der Waals surface area contributed by atoms with E-state index in [1.54, 1.807) is 19.2 Å². The highest BCUT2D eigenvalue weighted by molar-refractivity contribution is 7.85. The van der Waals surface area contributed by atoms with Gasteiger partial charge >= 0.3 is 0 Å². The highest BCUT2D eigenvalue weighted by atomic mass is 32.2. The molecular weight excluding hydrogens is 585 g/mol. The quantitative estimate of drug-likeness (QED) is 0.221. The fourth-order valence-electron chi connectivity index (χ4n) is 4.76. The predicted octanol–water partition coefficient (Wildman–Crippen LogP) is 2.71. The van der Waals surface area contributed by atoms with E-state index >= 15 is 0 Å². The fraction of sp³-hybridized carbons (Fsp3) is 0.393. The van der Waals surface area contributed by atoms with Crippen LogP contribution >= 0.6 is 0 Å². The van der Waals surface area contributed by atoms with Crippen molar-refractivity contribution in [2.75, 3.05) is 66.0 Å². The van der Waals surface area contributed by atoms with Gasteiger partial charge in [0.25, 0.3) is 16.0 Å². The van der Waals surface area contributed by atoms with Crippen LogP contribution in [0.25, 0.3) is 33.6 Å². The molecule has 1 amide bonds. The van der Waals surface area contributed by atoms with Gasteiger partial charge in [-0.2, -0.15) is 13.5 Å². The molecular formula is C28H32FN5O8S. The van der Waals surface area contributed by atoms with E-state index in [1.165, 1.54) is 6.07 Å². The van der Waals surface area contributed by atoms with Gasteiger partial charge in [0, 0.05) is 61.9 Å². The number of carbonyl (C=O) groups is 1. The number of fused-ring (bicyclic) bond motifs is 1. The van der Waals surface area contributed by atoms with Gasteiger partial charge in [0.05, 0.1) is 37.6 Å². The van der Waals surface area contributed by atoms with Crippen molar-refractivity contribution in [2.24, 2.45) is 0 Å². The van der Waals surface area contributed by atoms with Crippen LogP contribution in [0.4, 0.5) is 4.39 Å². The largest absolute Gasteiger partial charge is 0.488 e. The molecule has 0 bridgehead atoms. The Morgan fingerprint density at radius 3 is 2.44 bits per heavy atom. The van der Waals surface area contributed by atoms with Gasteiger partial charge in [0.2, 0.25) is 0 Å². The van der Waals surface area contributed by atoms with Crippen molar-refractivity contribution >= 4 is 26.9 Å². The lowest BCUT2D eigenvalue weighted by molar-refractivity contribution is -0.0746. The average molecular weight is 618 g/mol. The number of H-pyrrole nitrogens is 1. The summed E-state index contributed by atoms with van der Waals surface area (Å²) >= 11 is 0. The SMILES string of the molecule is COCCOc1cc2[nH]nc(-c3cc(-c4ccc(C(=O)N5CCN(C6COC6)CC5)cc4)no3)c2cc1F.CS(=O)(=O)O. The summed E-state index contributed by atoms with van der Waals surface area (Å²) in [7, 11) is -2.11. The molecule has 2 aliphatic rings. The van der Waals surface area contributed by atoms with Gasteiger partial charge in [-0.05, 0) is 18.2 Å². The molecule has 2 aliphatic heterocycles. The van der Waals surface area contributed by atoms with Crippen LogP contribution in [0.15, 0.2) is 47.0 Å². The lowest BCUT2D eigenvalue weighted by Gasteiger charge is -2.42. The zero-order valence-electron chi connectivity index (χ0n) is 23.7. The summed E-state index contributed by atoms with van der Waals surface area (Å²) in [5, 5.41) is 11.9. The highest BCUT2D eigenvalue weighted by Gasteiger charge is 2.30. The Labute approximate surface area is 247 Å². The number of hydrogen-bond donors (Lipinski definition) is 2. The van der Waals surface area contributed by atoms with Gasteiger partial charge in [-0.3, -0.25) is 19.3 Å². The molecule has 0 aliphatic carbocycles. The van der Waals surface area contributed by atoms with Gasteiger partial charge in [-0.1, -0.05) is 17.3 Å². The number of piperazine rings is 1. The zero-order valence-corrected chi connectivity index (χ0v) is 24.5. The molecule has 13 nitrogen and oxygen atoms in total. The van der Waals surface area contributed by atoms with Crippen LogP contribution in [0.3, 0.4) is 0 Å². The summed E-state index contributed by atoms with van der Waals surface area (Å²) in [5.41, 5.74) is 3.07. The second-order valence-electron chi connectivity index (χ2n) is 10.1. The van der Waals surface area contributed by atoms with Crippen LogP contribution in [-0.4, -0.2) is 116 Å². The molecule has 2 aromatic carbocycles. The Morgan fingerprint density at radius 2 is 1.81 bits per heavy atom. The average Bonchev–Trinajstić information content (AvgIpc) is 3.59. The number of carbonyl (C=O) groups excluding carboxylic acids is 1. The number of benzene rings is 2. The van der Waals surface area contributed by atoms with Crippen molar-refractivity contribution in [1.82, 2.24) is 25.2 Å². The zero-order chi connectivity index (χ0) is 30.6. The number of halogens is 1. The van der Waals surface area contributed by atoms with Crippen LogP contribution in [-0.2, 0) is 19.6 Å². The third-order valence-electron chi connectivity index (χ3n) is 7.07. The molecule has 6 rings (SSSR count). The summed E-state index contributed by atoms with van der Waals surface area (Å²) in [4.78, 5) is 17.3. The van der Waals surface area contributed by atoms with E-state index in [9.17, 15) is 17.6 Å². The number of amides is 1. The van der Waals surface area contributed by atoms with E-state index in [0.29, 0.717) is 65.6 Å². The maximum absolute atomic E-state index is 14.6. The van der Waals surface area contributed by atoms with E-state index in [4.69, 9.17) is 23.3 Å². The lowest BCUT2D eigenvalue weighted by atomic mass is 10.1. The normalized spacial score (nSPS) is 16.0. The van der Waals surface area contributed by atoms with Crippen LogP contribution in [0.2, 0.25) is 0 Å². The van der Waals surface area contributed by atoms with Crippen molar-refractivity contribution < 1.29 is 40.9 Å². The Balaban J connectivity index is 0.000000682. The van der Waals surface area contributed by atoms with E-state index < -0.39 is 15.9 Å². The Morgan fingerprint density at radius 1 is 1.12 bits per heavy atom. The molecule has 230 valence electrons. The van der Waals surface area contributed by atoms with E-state index in [2.05, 4.69) is 20.3 Å². The van der Waals surface area contributed by atoms with Gasteiger partial charge in [-0.15, -0.1) is 0 Å². The maximum atomic E-state index is 14.6. The topological polar surface area (TPSA) is 160 Å². The van der Waals surface area contributed by atoms with Crippen LogP contribution < -0.4 is 4.74 Å². The van der Waals surface area contributed by atoms with Crippen molar-refractivity contribution in [2.45, 2.75) is 6.04 Å². The number of rotatable bonds is 8. The molecule has 0 spiro atoms. The van der Waals surface area contributed by atoms with Crippen LogP contribution in [0.1, 0.15) is 10.4 Å². The van der Waals surface area contributed by atoms with E-state index in [-0.39, 0.29) is 18.3 Å². The van der Waals surface area contributed by atoms with E-state index in [1.807, 2.05) is 29.2 Å². The van der Waals surface area contributed by atoms with E-state index in [0.717, 1.165) is 31.9 Å². The molecule has 4 heterocycles. The second kappa shape index (κ2) is 13.2. The molecule has 2 aromatic heterocycles. The van der Waals surface area contributed by atoms with Crippen molar-refractivity contribution in [3.63, 3.8) is 0 Å². The Bertz CT molecular complexity index is 1650. The molecule has 2 saturated heterocycles. The summed E-state index contributed by atoms with van der Waals surface area (Å²) in [6, 6.07) is 12.5. The summed E-state index contributed by atoms with van der Waals surface area (Å²) in [6.07, 6.45) is 0.715. The smallest absolute Gasteiger partial charge is 0.261 e. The molecule has 2 N–H and O–H groups in total. The monoisotopic (exact) mass is 617 g/mol. The molecule has 0 saturated carbocycles. The number of hydrogen-bond acceptors (Lipinski definition) is 10. The second-order valence-corrected chi connectivity index (χ2v) is 11.6. The third kappa shape index (κ3) is 7.55. The van der Waals surface area contributed by atoms with Gasteiger partial charge in [0.15, 0.2) is 17.3 Å². The minimum Gasteiger partial charge on any atom is -0.488 e. The molecule has 0 unspecified atom stereocenters.